The molecule has 0 spiro atoms. The van der Waals surface area contributed by atoms with E-state index in [1.807, 2.05) is 24.3 Å². The van der Waals surface area contributed by atoms with Crippen LogP contribution in [-0.2, 0) is 6.54 Å². The molecule has 27 heavy (non-hydrogen) atoms. The molecule has 0 unspecified atom stereocenters. The van der Waals surface area contributed by atoms with E-state index in [0.717, 1.165) is 11.3 Å². The number of methoxy groups -OCH3 is 1. The minimum absolute atomic E-state index is 0.219. The maximum Gasteiger partial charge on any atom is 0.257 e. The van der Waals surface area contributed by atoms with Crippen LogP contribution in [0.2, 0.25) is 0 Å². The number of carbonyl (C=O) groups is 2. The van der Waals surface area contributed by atoms with Gasteiger partial charge < -0.3 is 15.4 Å². The lowest BCUT2D eigenvalue weighted by Crippen LogP contribution is -2.23. The molecule has 0 bridgehead atoms. The second-order valence-electron chi connectivity index (χ2n) is 5.81. The molecule has 1 aromatic heterocycles. The van der Waals surface area contributed by atoms with Crippen molar-refractivity contribution in [3.05, 3.63) is 89.7 Å². The van der Waals surface area contributed by atoms with Gasteiger partial charge >= 0.3 is 0 Å². The van der Waals surface area contributed by atoms with E-state index < -0.39 is 0 Å². The molecule has 3 aromatic rings. The number of hydrogen-bond donors (Lipinski definition) is 2. The number of aromatic nitrogens is 1. The summed E-state index contributed by atoms with van der Waals surface area (Å²) in [4.78, 5) is 28.5. The summed E-state index contributed by atoms with van der Waals surface area (Å²) in [5.41, 5.74) is 2.42. The molecule has 0 aliphatic heterocycles. The second kappa shape index (κ2) is 8.62. The van der Waals surface area contributed by atoms with E-state index in [0.29, 0.717) is 23.4 Å². The maximum atomic E-state index is 12.4. The Hall–Kier alpha value is -3.67. The summed E-state index contributed by atoms with van der Waals surface area (Å²) < 4.78 is 5.12. The molecule has 6 heteroatoms. The van der Waals surface area contributed by atoms with Gasteiger partial charge in [-0.05, 0) is 48.0 Å². The molecule has 1 heterocycles. The fraction of sp³-hybridized carbons (Fsp3) is 0.0952. The summed E-state index contributed by atoms with van der Waals surface area (Å²) in [5.74, 6) is 0.268. The lowest BCUT2D eigenvalue weighted by molar-refractivity contribution is 0.0949. The summed E-state index contributed by atoms with van der Waals surface area (Å²) in [6.45, 7) is 0.398. The summed E-state index contributed by atoms with van der Waals surface area (Å²) in [6.07, 6.45) is 3.09. The first-order valence-corrected chi connectivity index (χ1v) is 8.38. The molecule has 0 saturated carbocycles. The van der Waals surface area contributed by atoms with Gasteiger partial charge in [-0.1, -0.05) is 18.2 Å². The van der Waals surface area contributed by atoms with E-state index in [1.165, 1.54) is 6.20 Å². The topological polar surface area (TPSA) is 80.3 Å². The Kier molecular flexibility index (Phi) is 5.79. The third-order valence-corrected chi connectivity index (χ3v) is 3.92. The Balaban J connectivity index is 1.62. The van der Waals surface area contributed by atoms with Gasteiger partial charge in [-0.25, -0.2) is 0 Å². The van der Waals surface area contributed by atoms with Crippen LogP contribution in [0, 0.1) is 0 Å². The first kappa shape index (κ1) is 18.1. The average molecular weight is 361 g/mol. The van der Waals surface area contributed by atoms with Gasteiger partial charge in [0.25, 0.3) is 11.8 Å². The van der Waals surface area contributed by atoms with Crippen molar-refractivity contribution < 1.29 is 14.3 Å². The normalized spacial score (nSPS) is 10.1. The molecule has 0 atom stereocenters. The zero-order valence-electron chi connectivity index (χ0n) is 14.8. The smallest absolute Gasteiger partial charge is 0.257 e. The fourth-order valence-electron chi connectivity index (χ4n) is 2.47. The van der Waals surface area contributed by atoms with Crippen LogP contribution in [0.1, 0.15) is 26.3 Å². The van der Waals surface area contributed by atoms with Gasteiger partial charge in [0.05, 0.1) is 12.7 Å². The molecule has 6 nitrogen and oxygen atoms in total. The van der Waals surface area contributed by atoms with Gasteiger partial charge in [0.2, 0.25) is 0 Å². The standard InChI is InChI=1S/C21H19N3O3/c1-27-19-9-7-15(8-10-19)13-23-20(25)16-4-2-6-18(12-16)24-21(26)17-5-3-11-22-14-17/h2-12,14H,13H2,1H3,(H,23,25)(H,24,26). The molecule has 2 amide bonds. The molecule has 0 fully saturated rings. The van der Waals surface area contributed by atoms with Crippen molar-refractivity contribution in [3.63, 3.8) is 0 Å². The summed E-state index contributed by atoms with van der Waals surface area (Å²) >= 11 is 0. The molecule has 2 aromatic carbocycles. The van der Waals surface area contributed by atoms with Crippen molar-refractivity contribution in [3.8, 4) is 5.75 Å². The number of amides is 2. The predicted octanol–water partition coefficient (Wildman–Crippen LogP) is 3.27. The fourth-order valence-corrected chi connectivity index (χ4v) is 2.47. The van der Waals surface area contributed by atoms with Crippen LogP contribution >= 0.6 is 0 Å². The van der Waals surface area contributed by atoms with Crippen LogP contribution in [0.25, 0.3) is 0 Å². The molecule has 0 aliphatic rings. The van der Waals surface area contributed by atoms with Gasteiger partial charge in [0.1, 0.15) is 5.75 Å². The molecular weight excluding hydrogens is 342 g/mol. The SMILES string of the molecule is COc1ccc(CNC(=O)c2cccc(NC(=O)c3cccnc3)c2)cc1. The Morgan fingerprint density at radius 2 is 1.74 bits per heavy atom. The zero-order chi connectivity index (χ0) is 19.1. The first-order valence-electron chi connectivity index (χ1n) is 8.38. The summed E-state index contributed by atoms with van der Waals surface area (Å²) in [5, 5.41) is 5.63. The van der Waals surface area contributed by atoms with Crippen LogP contribution < -0.4 is 15.4 Å². The van der Waals surface area contributed by atoms with Gasteiger partial charge in [0.15, 0.2) is 0 Å². The quantitative estimate of drug-likeness (QED) is 0.706. The molecular formula is C21H19N3O3. The summed E-state index contributed by atoms with van der Waals surface area (Å²) in [7, 11) is 1.61. The maximum absolute atomic E-state index is 12.4. The van der Waals surface area contributed by atoms with E-state index in [2.05, 4.69) is 15.6 Å². The number of pyridine rings is 1. The molecule has 136 valence electrons. The van der Waals surface area contributed by atoms with Crippen LogP contribution in [-0.4, -0.2) is 23.9 Å². The van der Waals surface area contributed by atoms with E-state index in [-0.39, 0.29) is 11.8 Å². The van der Waals surface area contributed by atoms with Crippen molar-refractivity contribution in [1.29, 1.82) is 0 Å². The van der Waals surface area contributed by atoms with Crippen molar-refractivity contribution in [1.82, 2.24) is 10.3 Å². The van der Waals surface area contributed by atoms with Gasteiger partial charge in [-0.2, -0.15) is 0 Å². The highest BCUT2D eigenvalue weighted by atomic mass is 16.5. The van der Waals surface area contributed by atoms with Crippen LogP contribution in [0.3, 0.4) is 0 Å². The van der Waals surface area contributed by atoms with E-state index in [9.17, 15) is 9.59 Å². The Labute approximate surface area is 157 Å². The van der Waals surface area contributed by atoms with Gasteiger partial charge in [-0.3, -0.25) is 14.6 Å². The minimum Gasteiger partial charge on any atom is -0.497 e. The molecule has 0 aliphatic carbocycles. The predicted molar refractivity (Wildman–Crippen MR) is 103 cm³/mol. The second-order valence-corrected chi connectivity index (χ2v) is 5.81. The lowest BCUT2D eigenvalue weighted by Gasteiger charge is -2.09. The van der Waals surface area contributed by atoms with Crippen molar-refractivity contribution in [2.75, 3.05) is 12.4 Å². The number of hydrogen-bond acceptors (Lipinski definition) is 4. The minimum atomic E-state index is -0.279. The van der Waals surface area contributed by atoms with Crippen LogP contribution in [0.15, 0.2) is 73.1 Å². The first-order chi connectivity index (χ1) is 13.2. The van der Waals surface area contributed by atoms with Crippen LogP contribution in [0.4, 0.5) is 5.69 Å². The third-order valence-electron chi connectivity index (χ3n) is 3.92. The number of rotatable bonds is 6. The molecule has 0 radical (unpaired) electrons. The monoisotopic (exact) mass is 361 g/mol. The molecule has 0 saturated heterocycles. The Morgan fingerprint density at radius 3 is 2.44 bits per heavy atom. The number of ether oxygens (including phenoxy) is 1. The summed E-state index contributed by atoms with van der Waals surface area (Å²) in [6, 6.07) is 17.6. The van der Waals surface area contributed by atoms with Crippen LogP contribution in [0.5, 0.6) is 5.75 Å². The van der Waals surface area contributed by atoms with Gasteiger partial charge in [-0.15, -0.1) is 0 Å². The number of nitrogens with zero attached hydrogens (tertiary/aromatic N) is 1. The van der Waals surface area contributed by atoms with Crippen molar-refractivity contribution in [2.24, 2.45) is 0 Å². The van der Waals surface area contributed by atoms with Crippen molar-refractivity contribution >= 4 is 17.5 Å². The molecule has 2 N–H and O–H groups in total. The number of nitrogens with one attached hydrogen (secondary N) is 2. The highest BCUT2D eigenvalue weighted by molar-refractivity contribution is 6.04. The number of benzene rings is 2. The van der Waals surface area contributed by atoms with E-state index in [4.69, 9.17) is 4.74 Å². The van der Waals surface area contributed by atoms with E-state index in [1.54, 1.807) is 49.7 Å². The highest BCUT2D eigenvalue weighted by Gasteiger charge is 2.09. The molecule has 3 rings (SSSR count). The Morgan fingerprint density at radius 1 is 0.963 bits per heavy atom. The average Bonchev–Trinajstić information content (AvgIpc) is 2.73. The zero-order valence-corrected chi connectivity index (χ0v) is 14.8. The number of carbonyl (C=O) groups excluding carboxylic acids is 2. The highest BCUT2D eigenvalue weighted by Crippen LogP contribution is 2.14. The lowest BCUT2D eigenvalue weighted by atomic mass is 10.1. The van der Waals surface area contributed by atoms with E-state index >= 15 is 0 Å². The largest absolute Gasteiger partial charge is 0.497 e. The van der Waals surface area contributed by atoms with Gasteiger partial charge in [0, 0.05) is 30.2 Å². The Bertz CT molecular complexity index is 925. The third kappa shape index (κ3) is 4.92. The number of anilines is 1. The van der Waals surface area contributed by atoms with Crippen molar-refractivity contribution in [2.45, 2.75) is 6.54 Å².